The van der Waals surface area contributed by atoms with Gasteiger partial charge in [0.2, 0.25) is 0 Å². The summed E-state index contributed by atoms with van der Waals surface area (Å²) in [7, 11) is 0. The van der Waals surface area contributed by atoms with Gasteiger partial charge in [-0.1, -0.05) is 0 Å². The number of rotatable bonds is 5. The summed E-state index contributed by atoms with van der Waals surface area (Å²) in [4.78, 5) is 36.7. The van der Waals surface area contributed by atoms with Crippen molar-refractivity contribution in [1.29, 1.82) is 0 Å². The molecule has 27 heavy (non-hydrogen) atoms. The fourth-order valence-corrected chi connectivity index (χ4v) is 5.73. The van der Waals surface area contributed by atoms with Crippen molar-refractivity contribution in [3.05, 3.63) is 29.8 Å². The van der Waals surface area contributed by atoms with Crippen LogP contribution in [0.2, 0.25) is 0 Å². The lowest BCUT2D eigenvalue weighted by Crippen LogP contribution is -2.51. The first-order valence-electron chi connectivity index (χ1n) is 9.97. The third kappa shape index (κ3) is 3.52. The van der Waals surface area contributed by atoms with Gasteiger partial charge < -0.3 is 10.1 Å². The molecule has 4 saturated carbocycles. The third-order valence-corrected chi connectivity index (χ3v) is 6.68. The molecule has 0 heterocycles. The fraction of sp³-hybridized carbons (Fsp3) is 0.591. The predicted octanol–water partition coefficient (Wildman–Crippen LogP) is 3.98. The van der Waals surface area contributed by atoms with Crippen LogP contribution in [0.5, 0.6) is 0 Å². The molecule has 0 aliphatic heterocycles. The van der Waals surface area contributed by atoms with Crippen LogP contribution in [0.3, 0.4) is 0 Å². The van der Waals surface area contributed by atoms with Crippen LogP contribution in [0.1, 0.15) is 62.7 Å². The molecule has 5 nitrogen and oxygen atoms in total. The molecule has 4 fully saturated rings. The monoisotopic (exact) mass is 369 g/mol. The van der Waals surface area contributed by atoms with Crippen molar-refractivity contribution in [2.24, 2.45) is 23.2 Å². The molecule has 0 spiro atoms. The van der Waals surface area contributed by atoms with Gasteiger partial charge in [-0.3, -0.25) is 14.4 Å². The van der Waals surface area contributed by atoms with Crippen LogP contribution in [-0.4, -0.2) is 23.8 Å². The van der Waals surface area contributed by atoms with Gasteiger partial charge in [-0.15, -0.1) is 0 Å². The molecule has 1 amide bonds. The minimum Gasteiger partial charge on any atom is -0.452 e. The first kappa shape index (κ1) is 18.2. The Balaban J connectivity index is 1.37. The Morgan fingerprint density at radius 2 is 1.52 bits per heavy atom. The Kier molecular flexibility index (Phi) is 4.57. The summed E-state index contributed by atoms with van der Waals surface area (Å²) in [5, 5.41) is 2.76. The number of amides is 1. The van der Waals surface area contributed by atoms with E-state index < -0.39 is 6.10 Å². The first-order valence-corrected chi connectivity index (χ1v) is 9.97. The Morgan fingerprint density at radius 1 is 1.00 bits per heavy atom. The lowest BCUT2D eigenvalue weighted by molar-refractivity contribution is -0.177. The van der Waals surface area contributed by atoms with E-state index in [1.54, 1.807) is 31.2 Å². The highest BCUT2D eigenvalue weighted by Crippen LogP contribution is 2.60. The average molecular weight is 369 g/mol. The highest BCUT2D eigenvalue weighted by Gasteiger charge is 2.55. The summed E-state index contributed by atoms with van der Waals surface area (Å²) in [6.07, 6.45) is 5.74. The van der Waals surface area contributed by atoms with Crippen LogP contribution in [-0.2, 0) is 14.3 Å². The zero-order valence-electron chi connectivity index (χ0n) is 16.0. The van der Waals surface area contributed by atoms with Gasteiger partial charge in [-0.2, -0.15) is 0 Å². The maximum absolute atomic E-state index is 12.9. The molecule has 1 aromatic rings. The average Bonchev–Trinajstić information content (AvgIpc) is 2.60. The number of hydrogen-bond donors (Lipinski definition) is 1. The number of nitrogens with one attached hydrogen (secondary N) is 1. The molecule has 1 N–H and O–H groups in total. The molecule has 4 aliphatic carbocycles. The Bertz CT molecular complexity index is 732. The molecular weight excluding hydrogens is 342 g/mol. The maximum atomic E-state index is 12.9. The van der Waals surface area contributed by atoms with Gasteiger partial charge in [0, 0.05) is 11.3 Å². The lowest BCUT2D eigenvalue weighted by atomic mass is 9.49. The second kappa shape index (κ2) is 6.77. The normalized spacial score (nSPS) is 32.0. The van der Waals surface area contributed by atoms with Crippen molar-refractivity contribution in [3.63, 3.8) is 0 Å². The largest absolute Gasteiger partial charge is 0.452 e. The van der Waals surface area contributed by atoms with E-state index in [0.29, 0.717) is 29.0 Å². The second-order valence-electron chi connectivity index (χ2n) is 8.87. The summed E-state index contributed by atoms with van der Waals surface area (Å²) >= 11 is 0. The molecule has 0 aromatic heterocycles. The topological polar surface area (TPSA) is 72.5 Å². The van der Waals surface area contributed by atoms with E-state index in [-0.39, 0.29) is 23.1 Å². The van der Waals surface area contributed by atoms with Gasteiger partial charge in [0.15, 0.2) is 11.9 Å². The van der Waals surface area contributed by atoms with Crippen molar-refractivity contribution in [2.75, 3.05) is 5.32 Å². The van der Waals surface area contributed by atoms with Crippen LogP contribution in [0.25, 0.3) is 0 Å². The number of carbonyl (C=O) groups excluding carboxylic acids is 3. The summed E-state index contributed by atoms with van der Waals surface area (Å²) in [6, 6.07) is 6.71. The molecule has 5 heteroatoms. The molecule has 144 valence electrons. The number of esters is 1. The van der Waals surface area contributed by atoms with Crippen molar-refractivity contribution >= 4 is 23.3 Å². The van der Waals surface area contributed by atoms with Crippen LogP contribution >= 0.6 is 0 Å². The summed E-state index contributed by atoms with van der Waals surface area (Å²) in [5.74, 6) is 1.43. The molecule has 4 aliphatic rings. The molecule has 5 rings (SSSR count). The van der Waals surface area contributed by atoms with Crippen LogP contribution in [0, 0.1) is 23.2 Å². The Hall–Kier alpha value is -2.17. The van der Waals surface area contributed by atoms with E-state index >= 15 is 0 Å². The molecule has 0 saturated heterocycles. The van der Waals surface area contributed by atoms with E-state index in [9.17, 15) is 14.4 Å². The van der Waals surface area contributed by atoms with E-state index in [1.807, 2.05) is 0 Å². The standard InChI is InChI=1S/C22H27NO4/c1-13(24)18-3-5-19(6-4-18)23-20(25)14(2)27-21(26)22-10-15-7-16(11-22)9-17(8-15)12-22/h3-6,14-17H,7-12H2,1-2H3,(H,23,25)/t14-,15?,16?,17?,22?/m1/s1. The summed E-state index contributed by atoms with van der Waals surface area (Å²) in [5.41, 5.74) is 0.823. The third-order valence-electron chi connectivity index (χ3n) is 6.68. The van der Waals surface area contributed by atoms with E-state index in [0.717, 1.165) is 19.3 Å². The van der Waals surface area contributed by atoms with Crippen molar-refractivity contribution in [1.82, 2.24) is 0 Å². The van der Waals surface area contributed by atoms with Gasteiger partial charge >= 0.3 is 5.97 Å². The Morgan fingerprint density at radius 3 is 2.00 bits per heavy atom. The minimum absolute atomic E-state index is 0.0225. The SMILES string of the molecule is CC(=O)c1ccc(NC(=O)[C@@H](C)OC(=O)C23CC4CC(CC(C4)C2)C3)cc1. The molecule has 0 radical (unpaired) electrons. The summed E-state index contributed by atoms with van der Waals surface area (Å²) in [6.45, 7) is 3.12. The van der Waals surface area contributed by atoms with Gasteiger partial charge in [0.25, 0.3) is 5.91 Å². The van der Waals surface area contributed by atoms with Crippen molar-refractivity contribution < 1.29 is 19.1 Å². The van der Waals surface area contributed by atoms with E-state index in [4.69, 9.17) is 4.74 Å². The quantitative estimate of drug-likeness (QED) is 0.629. The number of hydrogen-bond acceptors (Lipinski definition) is 4. The van der Waals surface area contributed by atoms with E-state index in [1.165, 1.54) is 26.2 Å². The van der Waals surface area contributed by atoms with Gasteiger partial charge in [0.05, 0.1) is 5.41 Å². The second-order valence-corrected chi connectivity index (χ2v) is 8.87. The molecule has 1 atom stereocenters. The predicted molar refractivity (Wildman–Crippen MR) is 101 cm³/mol. The highest BCUT2D eigenvalue weighted by atomic mass is 16.5. The fourth-order valence-electron chi connectivity index (χ4n) is 5.73. The van der Waals surface area contributed by atoms with Crippen LogP contribution in [0.4, 0.5) is 5.69 Å². The number of ether oxygens (including phenoxy) is 1. The van der Waals surface area contributed by atoms with Gasteiger partial charge in [-0.05, 0) is 94.4 Å². The van der Waals surface area contributed by atoms with Crippen LogP contribution in [0.15, 0.2) is 24.3 Å². The zero-order chi connectivity index (χ0) is 19.2. The molecular formula is C22H27NO4. The minimum atomic E-state index is -0.835. The lowest BCUT2D eigenvalue weighted by Gasteiger charge is -2.55. The number of benzene rings is 1. The molecule has 4 bridgehead atoms. The molecule has 0 unspecified atom stereocenters. The summed E-state index contributed by atoms with van der Waals surface area (Å²) < 4.78 is 5.63. The zero-order valence-corrected chi connectivity index (χ0v) is 16.0. The Labute approximate surface area is 159 Å². The van der Waals surface area contributed by atoms with Gasteiger partial charge in [0.1, 0.15) is 0 Å². The number of Topliss-reactive ketones (excluding diaryl/α,β-unsaturated/α-hetero) is 1. The molecule has 1 aromatic carbocycles. The maximum Gasteiger partial charge on any atom is 0.312 e. The van der Waals surface area contributed by atoms with Gasteiger partial charge in [-0.25, -0.2) is 0 Å². The highest BCUT2D eigenvalue weighted by molar-refractivity contribution is 5.97. The number of carbonyl (C=O) groups is 3. The van der Waals surface area contributed by atoms with Crippen molar-refractivity contribution in [3.8, 4) is 0 Å². The number of ketones is 1. The first-order chi connectivity index (χ1) is 12.8. The van der Waals surface area contributed by atoms with E-state index in [2.05, 4.69) is 5.32 Å². The van der Waals surface area contributed by atoms with Crippen LogP contribution < -0.4 is 5.32 Å². The van der Waals surface area contributed by atoms with Crippen molar-refractivity contribution in [2.45, 2.75) is 58.5 Å². The number of anilines is 1. The smallest absolute Gasteiger partial charge is 0.312 e.